The lowest BCUT2D eigenvalue weighted by atomic mass is 10.3. The number of nitrogens with zero attached hydrogens (tertiary/aromatic N) is 1. The summed E-state index contributed by atoms with van der Waals surface area (Å²) in [5.74, 6) is 0.0733. The Balaban J connectivity index is 1.85. The molecule has 2 heterocycles. The first-order chi connectivity index (χ1) is 7.65. The van der Waals surface area contributed by atoms with E-state index < -0.39 is 0 Å². The fraction of sp³-hybridized carbons (Fsp3) is 0.545. The molecule has 1 aromatic rings. The summed E-state index contributed by atoms with van der Waals surface area (Å²) in [7, 11) is 0. The summed E-state index contributed by atoms with van der Waals surface area (Å²) in [6.45, 7) is 4.59. The molecule has 1 fully saturated rings. The van der Waals surface area contributed by atoms with Gasteiger partial charge < -0.3 is 5.32 Å². The predicted octanol–water partition coefficient (Wildman–Crippen LogP) is 2.22. The van der Waals surface area contributed by atoms with Crippen LogP contribution < -0.4 is 5.32 Å². The van der Waals surface area contributed by atoms with Gasteiger partial charge in [0.05, 0.1) is 0 Å². The molecule has 0 spiro atoms. The van der Waals surface area contributed by atoms with Crippen LogP contribution in [0.25, 0.3) is 0 Å². The summed E-state index contributed by atoms with van der Waals surface area (Å²) in [4.78, 5) is 14.7. The number of rotatable bonds is 3. The molecular formula is C11H15BrN2OS. The lowest BCUT2D eigenvalue weighted by Gasteiger charge is -2.15. The molecule has 1 unspecified atom stereocenters. The van der Waals surface area contributed by atoms with Crippen LogP contribution in [0.1, 0.15) is 18.2 Å². The standard InChI is InChI=1S/C11H15BrN2OS/c1-8(15)13-9-2-4-14(6-9)7-11-10(12)3-5-16-11/h3,5,9H,2,4,6-7H2,1H3,(H,13,15). The number of nitrogens with one attached hydrogen (secondary N) is 1. The first-order valence-corrected chi connectivity index (χ1v) is 7.04. The zero-order valence-corrected chi connectivity index (χ0v) is 11.6. The van der Waals surface area contributed by atoms with Crippen molar-refractivity contribution in [1.82, 2.24) is 10.2 Å². The third-order valence-corrected chi connectivity index (χ3v) is 4.65. The molecule has 1 amide bonds. The maximum atomic E-state index is 10.9. The molecule has 2 rings (SSSR count). The van der Waals surface area contributed by atoms with Crippen LogP contribution in [0.15, 0.2) is 15.9 Å². The van der Waals surface area contributed by atoms with Crippen LogP contribution in [0.5, 0.6) is 0 Å². The number of hydrogen-bond donors (Lipinski definition) is 1. The molecule has 1 aliphatic heterocycles. The normalized spacial score (nSPS) is 21.2. The van der Waals surface area contributed by atoms with Gasteiger partial charge in [-0.1, -0.05) is 0 Å². The number of thiophene rings is 1. The van der Waals surface area contributed by atoms with Gasteiger partial charge in [-0.05, 0) is 33.8 Å². The van der Waals surface area contributed by atoms with Crippen LogP contribution in [0, 0.1) is 0 Å². The minimum absolute atomic E-state index is 0.0733. The van der Waals surface area contributed by atoms with Gasteiger partial charge in [0.25, 0.3) is 0 Å². The van der Waals surface area contributed by atoms with Crippen LogP contribution in [-0.4, -0.2) is 29.9 Å². The molecule has 3 nitrogen and oxygen atoms in total. The van der Waals surface area contributed by atoms with Gasteiger partial charge in [-0.2, -0.15) is 0 Å². The van der Waals surface area contributed by atoms with E-state index >= 15 is 0 Å². The Hall–Kier alpha value is -0.390. The first-order valence-electron chi connectivity index (χ1n) is 5.36. The fourth-order valence-corrected chi connectivity index (χ4v) is 3.54. The largest absolute Gasteiger partial charge is 0.352 e. The minimum Gasteiger partial charge on any atom is -0.352 e. The Morgan fingerprint density at radius 1 is 1.75 bits per heavy atom. The van der Waals surface area contributed by atoms with E-state index in [1.54, 1.807) is 18.3 Å². The number of halogens is 1. The summed E-state index contributed by atoms with van der Waals surface area (Å²) >= 11 is 5.32. The van der Waals surface area contributed by atoms with E-state index in [0.29, 0.717) is 6.04 Å². The average molecular weight is 303 g/mol. The lowest BCUT2D eigenvalue weighted by Crippen LogP contribution is -2.35. The highest BCUT2D eigenvalue weighted by Gasteiger charge is 2.23. The lowest BCUT2D eigenvalue weighted by molar-refractivity contribution is -0.119. The van der Waals surface area contributed by atoms with Crippen molar-refractivity contribution >= 4 is 33.2 Å². The summed E-state index contributed by atoms with van der Waals surface area (Å²) < 4.78 is 1.19. The quantitative estimate of drug-likeness (QED) is 0.928. The van der Waals surface area contributed by atoms with Crippen LogP contribution in [0.4, 0.5) is 0 Å². The number of hydrogen-bond acceptors (Lipinski definition) is 3. The van der Waals surface area contributed by atoms with E-state index in [1.165, 1.54) is 9.35 Å². The van der Waals surface area contributed by atoms with Gasteiger partial charge >= 0.3 is 0 Å². The number of likely N-dealkylation sites (tertiary alicyclic amines) is 1. The van der Waals surface area contributed by atoms with Crippen molar-refractivity contribution in [3.63, 3.8) is 0 Å². The molecule has 0 aromatic carbocycles. The molecule has 5 heteroatoms. The van der Waals surface area contributed by atoms with E-state index in [2.05, 4.69) is 37.6 Å². The monoisotopic (exact) mass is 302 g/mol. The Labute approximate surface area is 108 Å². The summed E-state index contributed by atoms with van der Waals surface area (Å²) in [5.41, 5.74) is 0. The highest BCUT2D eigenvalue weighted by molar-refractivity contribution is 9.10. The van der Waals surface area contributed by atoms with Crippen molar-refractivity contribution in [1.29, 1.82) is 0 Å². The molecule has 16 heavy (non-hydrogen) atoms. The van der Waals surface area contributed by atoms with Crippen molar-refractivity contribution in [2.24, 2.45) is 0 Å². The van der Waals surface area contributed by atoms with Gasteiger partial charge in [0.15, 0.2) is 0 Å². The van der Waals surface area contributed by atoms with Crippen molar-refractivity contribution in [3.05, 3.63) is 20.8 Å². The summed E-state index contributed by atoms with van der Waals surface area (Å²) in [6, 6.07) is 2.41. The second-order valence-corrected chi connectivity index (χ2v) is 5.97. The Kier molecular flexibility index (Phi) is 4.00. The molecule has 1 aliphatic rings. The number of carbonyl (C=O) groups excluding carboxylic acids is 1. The first kappa shape index (κ1) is 12.1. The third kappa shape index (κ3) is 3.06. The summed E-state index contributed by atoms with van der Waals surface area (Å²) in [6.07, 6.45) is 1.06. The van der Waals surface area contributed by atoms with Crippen LogP contribution >= 0.6 is 27.3 Å². The van der Waals surface area contributed by atoms with Crippen LogP contribution in [0.2, 0.25) is 0 Å². The maximum absolute atomic E-state index is 10.9. The topological polar surface area (TPSA) is 32.3 Å². The third-order valence-electron chi connectivity index (χ3n) is 2.74. The summed E-state index contributed by atoms with van der Waals surface area (Å²) in [5, 5.41) is 5.08. The van der Waals surface area contributed by atoms with Gasteiger partial charge in [0.2, 0.25) is 5.91 Å². The molecule has 0 radical (unpaired) electrons. The highest BCUT2D eigenvalue weighted by Crippen LogP contribution is 2.25. The smallest absolute Gasteiger partial charge is 0.217 e. The second kappa shape index (κ2) is 5.29. The Morgan fingerprint density at radius 3 is 3.19 bits per heavy atom. The molecule has 1 saturated heterocycles. The molecule has 1 atom stereocenters. The van der Waals surface area contributed by atoms with Gasteiger partial charge in [-0.25, -0.2) is 0 Å². The van der Waals surface area contributed by atoms with E-state index in [4.69, 9.17) is 0 Å². The molecular weight excluding hydrogens is 288 g/mol. The van der Waals surface area contributed by atoms with Crippen molar-refractivity contribution in [2.75, 3.05) is 13.1 Å². The van der Waals surface area contributed by atoms with Crippen LogP contribution in [-0.2, 0) is 11.3 Å². The average Bonchev–Trinajstić information content (AvgIpc) is 2.77. The van der Waals surface area contributed by atoms with Gasteiger partial charge in [0, 0.05) is 41.9 Å². The fourth-order valence-electron chi connectivity index (χ4n) is 2.02. The number of carbonyl (C=O) groups is 1. The molecule has 0 saturated carbocycles. The van der Waals surface area contributed by atoms with E-state index in [-0.39, 0.29) is 5.91 Å². The molecule has 0 bridgehead atoms. The van der Waals surface area contributed by atoms with Gasteiger partial charge in [-0.3, -0.25) is 9.69 Å². The SMILES string of the molecule is CC(=O)NC1CCN(Cc2sccc2Br)C1. The second-order valence-electron chi connectivity index (χ2n) is 4.11. The van der Waals surface area contributed by atoms with E-state index in [9.17, 15) is 4.79 Å². The molecule has 88 valence electrons. The zero-order chi connectivity index (χ0) is 11.5. The highest BCUT2D eigenvalue weighted by atomic mass is 79.9. The van der Waals surface area contributed by atoms with E-state index in [0.717, 1.165) is 26.1 Å². The van der Waals surface area contributed by atoms with E-state index in [1.807, 2.05) is 0 Å². The van der Waals surface area contributed by atoms with Gasteiger partial charge in [0.1, 0.15) is 0 Å². The molecule has 0 aliphatic carbocycles. The van der Waals surface area contributed by atoms with Crippen LogP contribution in [0.3, 0.4) is 0 Å². The molecule has 1 N–H and O–H groups in total. The Morgan fingerprint density at radius 2 is 2.56 bits per heavy atom. The Bertz CT molecular complexity index is 380. The van der Waals surface area contributed by atoms with Crippen molar-refractivity contribution in [2.45, 2.75) is 25.9 Å². The van der Waals surface area contributed by atoms with Crippen molar-refractivity contribution < 1.29 is 4.79 Å². The minimum atomic E-state index is 0.0733. The van der Waals surface area contributed by atoms with Crippen molar-refractivity contribution in [3.8, 4) is 0 Å². The number of amides is 1. The predicted molar refractivity (Wildman–Crippen MR) is 69.5 cm³/mol. The maximum Gasteiger partial charge on any atom is 0.217 e. The molecule has 1 aromatic heterocycles. The zero-order valence-electron chi connectivity index (χ0n) is 9.20. The van der Waals surface area contributed by atoms with Gasteiger partial charge in [-0.15, -0.1) is 11.3 Å².